The van der Waals surface area contributed by atoms with Crippen molar-refractivity contribution in [2.45, 2.75) is 0 Å². The average Bonchev–Trinajstić information content (AvgIpc) is 3.16. The number of amides is 1. The molecule has 3 heterocycles. The first-order chi connectivity index (χ1) is 13.1. The van der Waals surface area contributed by atoms with Gasteiger partial charge in [-0.2, -0.15) is 5.10 Å². The fourth-order valence-corrected chi connectivity index (χ4v) is 2.77. The SMILES string of the molecule is O=C(Nc1ccccc1[N+](=O)[O-])C1CN(c2cc(-n3cncn3)ncn2)C1. The number of nitro groups is 1. The third kappa shape index (κ3) is 3.29. The van der Waals surface area contributed by atoms with Crippen LogP contribution in [0.3, 0.4) is 0 Å². The summed E-state index contributed by atoms with van der Waals surface area (Å²) < 4.78 is 1.52. The molecule has 27 heavy (non-hydrogen) atoms. The lowest BCUT2D eigenvalue weighted by Crippen LogP contribution is -2.52. The number of rotatable bonds is 5. The first-order valence-electron chi connectivity index (χ1n) is 8.08. The molecule has 0 radical (unpaired) electrons. The maximum atomic E-state index is 12.4. The van der Waals surface area contributed by atoms with Crippen LogP contribution in [0.2, 0.25) is 0 Å². The maximum absolute atomic E-state index is 12.4. The zero-order valence-corrected chi connectivity index (χ0v) is 14.0. The largest absolute Gasteiger partial charge is 0.355 e. The van der Waals surface area contributed by atoms with Gasteiger partial charge in [0.2, 0.25) is 5.91 Å². The van der Waals surface area contributed by atoms with Gasteiger partial charge in [-0.15, -0.1) is 0 Å². The lowest BCUT2D eigenvalue weighted by molar-refractivity contribution is -0.383. The molecule has 0 bridgehead atoms. The summed E-state index contributed by atoms with van der Waals surface area (Å²) in [5, 5.41) is 17.7. The van der Waals surface area contributed by atoms with Crippen molar-refractivity contribution < 1.29 is 9.72 Å². The Balaban J connectivity index is 1.41. The Labute approximate surface area is 152 Å². The van der Waals surface area contributed by atoms with Gasteiger partial charge in [-0.3, -0.25) is 14.9 Å². The molecule has 11 heteroatoms. The van der Waals surface area contributed by atoms with Crippen LogP contribution in [0.5, 0.6) is 0 Å². The Kier molecular flexibility index (Phi) is 4.16. The van der Waals surface area contributed by atoms with Gasteiger partial charge < -0.3 is 10.2 Å². The number of nitrogens with one attached hydrogen (secondary N) is 1. The van der Waals surface area contributed by atoms with E-state index in [-0.39, 0.29) is 23.2 Å². The van der Waals surface area contributed by atoms with Crippen molar-refractivity contribution in [2.24, 2.45) is 5.92 Å². The van der Waals surface area contributed by atoms with Gasteiger partial charge in [0.1, 0.15) is 30.5 Å². The number of para-hydroxylation sites is 2. The van der Waals surface area contributed by atoms with E-state index in [2.05, 4.69) is 25.4 Å². The molecule has 1 aromatic carbocycles. The molecule has 0 unspecified atom stereocenters. The quantitative estimate of drug-likeness (QED) is 0.523. The summed E-state index contributed by atoms with van der Waals surface area (Å²) in [6.45, 7) is 0.917. The molecule has 0 spiro atoms. The van der Waals surface area contributed by atoms with Gasteiger partial charge in [-0.05, 0) is 6.07 Å². The van der Waals surface area contributed by atoms with E-state index >= 15 is 0 Å². The Morgan fingerprint density at radius 1 is 1.19 bits per heavy atom. The van der Waals surface area contributed by atoms with Crippen LogP contribution in [0.1, 0.15) is 0 Å². The van der Waals surface area contributed by atoms with Crippen molar-refractivity contribution in [1.82, 2.24) is 24.7 Å². The number of nitrogens with zero attached hydrogens (tertiary/aromatic N) is 7. The molecule has 1 aliphatic rings. The van der Waals surface area contributed by atoms with Crippen molar-refractivity contribution >= 4 is 23.1 Å². The summed E-state index contributed by atoms with van der Waals surface area (Å²) in [7, 11) is 0. The molecular formula is C16H14N8O3. The molecule has 3 aromatic rings. The minimum atomic E-state index is -0.519. The summed E-state index contributed by atoms with van der Waals surface area (Å²) in [6, 6.07) is 7.82. The number of aromatic nitrogens is 5. The van der Waals surface area contributed by atoms with Crippen LogP contribution in [0.15, 0.2) is 49.3 Å². The highest BCUT2D eigenvalue weighted by molar-refractivity contribution is 5.96. The van der Waals surface area contributed by atoms with Crippen LogP contribution in [0.25, 0.3) is 5.82 Å². The van der Waals surface area contributed by atoms with Crippen LogP contribution in [0.4, 0.5) is 17.2 Å². The van der Waals surface area contributed by atoms with Crippen LogP contribution in [-0.4, -0.2) is 48.7 Å². The number of carbonyl (C=O) groups excluding carboxylic acids is 1. The van der Waals surface area contributed by atoms with Gasteiger partial charge in [0, 0.05) is 25.2 Å². The molecule has 4 rings (SSSR count). The smallest absolute Gasteiger partial charge is 0.292 e. The van der Waals surface area contributed by atoms with Crippen molar-refractivity contribution in [2.75, 3.05) is 23.3 Å². The Hall–Kier alpha value is -3.89. The Morgan fingerprint density at radius 2 is 1.96 bits per heavy atom. The van der Waals surface area contributed by atoms with Gasteiger partial charge in [0.15, 0.2) is 5.82 Å². The predicted molar refractivity (Wildman–Crippen MR) is 94.4 cm³/mol. The molecule has 0 atom stereocenters. The highest BCUT2D eigenvalue weighted by atomic mass is 16.6. The van der Waals surface area contributed by atoms with Crippen LogP contribution in [-0.2, 0) is 4.79 Å². The molecule has 1 saturated heterocycles. The second kappa shape index (κ2) is 6.78. The van der Waals surface area contributed by atoms with Gasteiger partial charge in [0.05, 0.1) is 10.8 Å². The number of anilines is 2. The monoisotopic (exact) mass is 366 g/mol. The average molecular weight is 366 g/mol. The minimum absolute atomic E-state index is 0.129. The van der Waals surface area contributed by atoms with Gasteiger partial charge in [0.25, 0.3) is 5.69 Å². The molecule has 11 nitrogen and oxygen atoms in total. The van der Waals surface area contributed by atoms with E-state index in [0.717, 1.165) is 0 Å². The van der Waals surface area contributed by atoms with Crippen LogP contribution in [0, 0.1) is 16.0 Å². The van der Waals surface area contributed by atoms with E-state index in [9.17, 15) is 14.9 Å². The van der Waals surface area contributed by atoms with E-state index in [4.69, 9.17) is 0 Å². The molecule has 136 valence electrons. The zero-order chi connectivity index (χ0) is 18.8. The Morgan fingerprint density at radius 3 is 2.70 bits per heavy atom. The second-order valence-corrected chi connectivity index (χ2v) is 5.94. The van der Waals surface area contributed by atoms with E-state index in [0.29, 0.717) is 24.7 Å². The van der Waals surface area contributed by atoms with Crippen molar-refractivity contribution in [1.29, 1.82) is 0 Å². The van der Waals surface area contributed by atoms with E-state index in [1.54, 1.807) is 18.2 Å². The summed E-state index contributed by atoms with van der Waals surface area (Å²) in [4.78, 5) is 37.1. The third-order valence-electron chi connectivity index (χ3n) is 4.23. The summed E-state index contributed by atoms with van der Waals surface area (Å²) in [5.41, 5.74) is 0.0664. The highest BCUT2D eigenvalue weighted by Gasteiger charge is 2.34. The minimum Gasteiger partial charge on any atom is -0.355 e. The molecule has 1 aliphatic heterocycles. The van der Waals surface area contributed by atoms with E-state index in [1.165, 1.54) is 35.8 Å². The van der Waals surface area contributed by atoms with Crippen molar-refractivity contribution in [3.63, 3.8) is 0 Å². The van der Waals surface area contributed by atoms with E-state index in [1.807, 2.05) is 4.90 Å². The van der Waals surface area contributed by atoms with Crippen molar-refractivity contribution in [3.05, 3.63) is 59.4 Å². The predicted octanol–water partition coefficient (Wildman–Crippen LogP) is 1.04. The Bertz CT molecular complexity index is 985. The van der Waals surface area contributed by atoms with E-state index < -0.39 is 4.92 Å². The molecule has 0 saturated carbocycles. The number of carbonyl (C=O) groups is 1. The molecule has 0 aliphatic carbocycles. The number of benzene rings is 1. The fourth-order valence-electron chi connectivity index (χ4n) is 2.77. The molecule has 2 aromatic heterocycles. The first kappa shape index (κ1) is 16.6. The standard InChI is InChI=1S/C16H14N8O3/c25-16(21-12-3-1-2-4-13(12)24(26)27)11-6-22(7-11)14-5-15(19-9-18-14)23-10-17-8-20-23/h1-5,8-11H,6-7H2,(H,21,25). The van der Waals surface area contributed by atoms with Crippen LogP contribution < -0.4 is 10.2 Å². The lowest BCUT2D eigenvalue weighted by Gasteiger charge is -2.39. The molecular weight excluding hydrogens is 352 g/mol. The third-order valence-corrected chi connectivity index (χ3v) is 4.23. The lowest BCUT2D eigenvalue weighted by atomic mass is 9.99. The van der Waals surface area contributed by atoms with Gasteiger partial charge in [-0.25, -0.2) is 19.6 Å². The van der Waals surface area contributed by atoms with Gasteiger partial charge in [-0.1, -0.05) is 12.1 Å². The number of hydrogen-bond acceptors (Lipinski definition) is 8. The number of nitro benzene ring substituents is 1. The first-order valence-corrected chi connectivity index (χ1v) is 8.08. The summed E-state index contributed by atoms with van der Waals surface area (Å²) >= 11 is 0. The normalized spacial score (nSPS) is 13.9. The summed E-state index contributed by atoms with van der Waals surface area (Å²) in [6.07, 6.45) is 4.37. The highest BCUT2D eigenvalue weighted by Crippen LogP contribution is 2.27. The molecule has 1 N–H and O–H groups in total. The topological polar surface area (TPSA) is 132 Å². The van der Waals surface area contributed by atoms with Crippen molar-refractivity contribution in [3.8, 4) is 5.82 Å². The zero-order valence-electron chi connectivity index (χ0n) is 14.0. The second-order valence-electron chi connectivity index (χ2n) is 5.94. The molecule has 1 amide bonds. The van der Waals surface area contributed by atoms with Gasteiger partial charge >= 0.3 is 0 Å². The van der Waals surface area contributed by atoms with Crippen LogP contribution >= 0.6 is 0 Å². The molecule has 1 fully saturated rings. The number of hydrogen-bond donors (Lipinski definition) is 1. The fraction of sp³-hybridized carbons (Fsp3) is 0.188. The maximum Gasteiger partial charge on any atom is 0.292 e. The summed E-state index contributed by atoms with van der Waals surface area (Å²) in [5.74, 6) is 0.705.